The Morgan fingerprint density at radius 1 is 1.07 bits per heavy atom. The fraction of sp³-hybridized carbons (Fsp3) is 0.609. The number of esters is 1. The van der Waals surface area contributed by atoms with Gasteiger partial charge in [0.25, 0.3) is 0 Å². The summed E-state index contributed by atoms with van der Waals surface area (Å²) in [6, 6.07) is 3.53. The average molecular weight is 418 g/mol. The molecule has 5 atom stereocenters. The zero-order chi connectivity index (χ0) is 21.5. The van der Waals surface area contributed by atoms with Crippen molar-refractivity contribution in [3.05, 3.63) is 35.4 Å². The van der Waals surface area contributed by atoms with E-state index in [1.165, 1.54) is 7.11 Å². The highest BCUT2D eigenvalue weighted by Gasteiger charge is 2.46. The lowest BCUT2D eigenvalue weighted by atomic mass is 9.97. The van der Waals surface area contributed by atoms with E-state index in [4.69, 9.17) is 28.4 Å². The Balaban J connectivity index is 1.66. The molecule has 3 aliphatic heterocycles. The van der Waals surface area contributed by atoms with Crippen molar-refractivity contribution in [2.75, 3.05) is 14.2 Å². The van der Waals surface area contributed by atoms with Crippen molar-refractivity contribution >= 4 is 5.97 Å². The molecule has 7 heteroatoms. The van der Waals surface area contributed by atoms with Crippen LogP contribution in [0.1, 0.15) is 62.1 Å². The Kier molecular flexibility index (Phi) is 5.79. The minimum atomic E-state index is -0.622. The number of methoxy groups -OCH3 is 2. The molecule has 0 aromatic heterocycles. The fourth-order valence-corrected chi connectivity index (χ4v) is 4.24. The summed E-state index contributed by atoms with van der Waals surface area (Å²) in [7, 11) is 3.12. The molecule has 0 saturated carbocycles. The maximum absolute atomic E-state index is 13.0. The van der Waals surface area contributed by atoms with Gasteiger partial charge < -0.3 is 28.4 Å². The summed E-state index contributed by atoms with van der Waals surface area (Å²) in [5.41, 5.74) is 1.14. The molecule has 1 aromatic carbocycles. The van der Waals surface area contributed by atoms with Crippen LogP contribution in [0.5, 0.6) is 11.5 Å². The summed E-state index contributed by atoms with van der Waals surface area (Å²) in [4.78, 5) is 13.0. The molecule has 3 aliphatic rings. The molecular weight excluding hydrogens is 388 g/mol. The van der Waals surface area contributed by atoms with Crippen LogP contribution >= 0.6 is 0 Å². The Hall–Kier alpha value is -2.09. The van der Waals surface area contributed by atoms with Crippen LogP contribution in [0.4, 0.5) is 0 Å². The summed E-state index contributed by atoms with van der Waals surface area (Å²) in [6.45, 7) is 5.73. The molecule has 0 aliphatic carbocycles. The van der Waals surface area contributed by atoms with Crippen molar-refractivity contribution in [2.24, 2.45) is 0 Å². The van der Waals surface area contributed by atoms with Crippen LogP contribution in [-0.2, 0) is 18.9 Å². The molecule has 2 saturated heterocycles. The van der Waals surface area contributed by atoms with E-state index in [0.717, 1.165) is 18.4 Å². The number of epoxide rings is 1. The molecule has 0 amide bonds. The number of carbonyl (C=O) groups excluding carboxylic acids is 1. The monoisotopic (exact) mass is 418 g/mol. The first kappa shape index (κ1) is 21.2. The highest BCUT2D eigenvalue weighted by atomic mass is 16.7. The second-order valence-electron chi connectivity index (χ2n) is 8.48. The molecule has 7 nitrogen and oxygen atoms in total. The lowest BCUT2D eigenvalue weighted by Gasteiger charge is -2.18. The number of hydrogen-bond acceptors (Lipinski definition) is 7. The Morgan fingerprint density at radius 3 is 2.57 bits per heavy atom. The third kappa shape index (κ3) is 4.33. The number of ether oxygens (including phenoxy) is 6. The molecule has 0 bridgehead atoms. The van der Waals surface area contributed by atoms with Gasteiger partial charge >= 0.3 is 5.97 Å². The zero-order valence-corrected chi connectivity index (χ0v) is 18.2. The molecule has 30 heavy (non-hydrogen) atoms. The number of benzene rings is 1. The smallest absolute Gasteiger partial charge is 0.342 e. The SMILES string of the molecule is COc1cc(OC)c2c(c1)[C@H]1O[C@@H]1CC[C@@H]1OC(C)(C)O[C@H]1/C=C/C[C@H](C)OC2=O. The van der Waals surface area contributed by atoms with E-state index in [2.05, 4.69) is 0 Å². The van der Waals surface area contributed by atoms with Gasteiger partial charge in [0, 0.05) is 18.1 Å². The minimum absolute atomic E-state index is 0.00864. The van der Waals surface area contributed by atoms with Gasteiger partial charge in [0.1, 0.15) is 35.4 Å². The molecule has 0 spiro atoms. The summed E-state index contributed by atoms with van der Waals surface area (Å²) in [5.74, 6) is -0.00825. The largest absolute Gasteiger partial charge is 0.497 e. The van der Waals surface area contributed by atoms with E-state index in [9.17, 15) is 4.79 Å². The third-order valence-electron chi connectivity index (χ3n) is 5.71. The predicted octanol–water partition coefficient (Wildman–Crippen LogP) is 3.95. The van der Waals surface area contributed by atoms with Crippen LogP contribution in [0, 0.1) is 0 Å². The van der Waals surface area contributed by atoms with Gasteiger partial charge in [0.2, 0.25) is 0 Å². The van der Waals surface area contributed by atoms with Crippen molar-refractivity contribution in [3.8, 4) is 11.5 Å². The molecule has 164 valence electrons. The highest BCUT2D eigenvalue weighted by molar-refractivity contribution is 5.95. The molecular formula is C23H30O7. The maximum atomic E-state index is 13.0. The van der Waals surface area contributed by atoms with E-state index in [1.54, 1.807) is 13.2 Å². The van der Waals surface area contributed by atoms with Crippen LogP contribution < -0.4 is 9.47 Å². The van der Waals surface area contributed by atoms with E-state index in [1.807, 2.05) is 39.0 Å². The standard InChI is InChI=1S/C23H30O7/c1-13-7-6-8-16-17(30-23(2,3)29-16)9-10-18-21(28-18)15-11-14(25-4)12-19(26-5)20(15)22(24)27-13/h6,8,11-13,16-18,21H,7,9-10H2,1-5H3/b8-6+/t13-,16-,17-,18+,21+/m0/s1. The quantitative estimate of drug-likeness (QED) is 0.409. The van der Waals surface area contributed by atoms with E-state index in [-0.39, 0.29) is 30.5 Å². The first-order chi connectivity index (χ1) is 14.3. The van der Waals surface area contributed by atoms with Gasteiger partial charge in [-0.05, 0) is 39.7 Å². The molecule has 0 N–H and O–H groups in total. The van der Waals surface area contributed by atoms with Crippen LogP contribution in [0.2, 0.25) is 0 Å². The number of fused-ring (bicyclic) bond motifs is 4. The molecule has 1 aromatic rings. The van der Waals surface area contributed by atoms with Crippen molar-refractivity contribution < 1.29 is 33.2 Å². The average Bonchev–Trinajstić information content (AvgIpc) is 3.41. The zero-order valence-electron chi connectivity index (χ0n) is 18.2. The van der Waals surface area contributed by atoms with Crippen molar-refractivity contribution in [3.63, 3.8) is 0 Å². The third-order valence-corrected chi connectivity index (χ3v) is 5.71. The normalized spacial score (nSPS) is 33.9. The van der Waals surface area contributed by atoms with Crippen LogP contribution in [0.15, 0.2) is 24.3 Å². The number of rotatable bonds is 2. The second-order valence-corrected chi connectivity index (χ2v) is 8.48. The Labute approximate surface area is 177 Å². The van der Waals surface area contributed by atoms with Gasteiger partial charge in [-0.1, -0.05) is 12.2 Å². The summed E-state index contributed by atoms with van der Waals surface area (Å²) < 4.78 is 34.7. The molecule has 3 heterocycles. The Bertz CT molecular complexity index is 831. The number of cyclic esters (lactones) is 1. The fourth-order valence-electron chi connectivity index (χ4n) is 4.24. The van der Waals surface area contributed by atoms with Crippen LogP contribution in [0.25, 0.3) is 0 Å². The topological polar surface area (TPSA) is 75.8 Å². The first-order valence-corrected chi connectivity index (χ1v) is 10.5. The molecule has 4 rings (SSSR count). The van der Waals surface area contributed by atoms with Gasteiger partial charge in [-0.2, -0.15) is 0 Å². The van der Waals surface area contributed by atoms with Crippen molar-refractivity contribution in [2.45, 2.75) is 76.3 Å². The van der Waals surface area contributed by atoms with Gasteiger partial charge in [0.05, 0.1) is 26.4 Å². The summed E-state index contributed by atoms with van der Waals surface area (Å²) in [6.07, 6.45) is 5.49. The lowest BCUT2D eigenvalue weighted by Crippen LogP contribution is -2.22. The highest BCUT2D eigenvalue weighted by Crippen LogP contribution is 2.47. The second kappa shape index (κ2) is 8.21. The van der Waals surface area contributed by atoms with Crippen LogP contribution in [0.3, 0.4) is 0 Å². The van der Waals surface area contributed by atoms with E-state index in [0.29, 0.717) is 23.5 Å². The number of hydrogen-bond donors (Lipinski definition) is 0. The van der Waals surface area contributed by atoms with Gasteiger partial charge in [-0.3, -0.25) is 0 Å². The first-order valence-electron chi connectivity index (χ1n) is 10.5. The van der Waals surface area contributed by atoms with E-state index >= 15 is 0 Å². The van der Waals surface area contributed by atoms with Crippen molar-refractivity contribution in [1.29, 1.82) is 0 Å². The van der Waals surface area contributed by atoms with Gasteiger partial charge in [-0.25, -0.2) is 4.79 Å². The molecule has 0 unspecified atom stereocenters. The van der Waals surface area contributed by atoms with E-state index < -0.39 is 11.8 Å². The predicted molar refractivity (Wildman–Crippen MR) is 109 cm³/mol. The molecule has 0 radical (unpaired) electrons. The lowest BCUT2D eigenvalue weighted by molar-refractivity contribution is -0.143. The van der Waals surface area contributed by atoms with Gasteiger partial charge in [0.15, 0.2) is 5.79 Å². The number of carbonyl (C=O) groups is 1. The van der Waals surface area contributed by atoms with Crippen molar-refractivity contribution in [1.82, 2.24) is 0 Å². The molecule has 2 fully saturated rings. The minimum Gasteiger partial charge on any atom is -0.497 e. The van der Waals surface area contributed by atoms with Gasteiger partial charge in [-0.15, -0.1) is 0 Å². The van der Waals surface area contributed by atoms with Crippen LogP contribution in [-0.4, -0.2) is 50.4 Å². The maximum Gasteiger partial charge on any atom is 0.342 e. The Morgan fingerprint density at radius 2 is 1.83 bits per heavy atom. The summed E-state index contributed by atoms with van der Waals surface area (Å²) in [5, 5.41) is 0. The summed E-state index contributed by atoms with van der Waals surface area (Å²) >= 11 is 0.